The van der Waals surface area contributed by atoms with E-state index >= 15 is 0 Å². The zero-order valence-corrected chi connectivity index (χ0v) is 12.4. The van der Waals surface area contributed by atoms with Gasteiger partial charge in [-0.05, 0) is 46.5 Å². The number of nitrogens with zero attached hydrogens (tertiary/aromatic N) is 1. The van der Waals surface area contributed by atoms with E-state index in [4.69, 9.17) is 0 Å². The van der Waals surface area contributed by atoms with Gasteiger partial charge in [0.25, 0.3) is 0 Å². The molecular weight excluding hydrogens is 307 g/mol. The summed E-state index contributed by atoms with van der Waals surface area (Å²) in [6.45, 7) is 0. The number of nitrogens with one attached hydrogen (secondary N) is 1. The molecule has 2 nitrogen and oxygen atoms in total. The first-order chi connectivity index (χ1) is 9.20. The molecule has 102 valence electrons. The van der Waals surface area contributed by atoms with Gasteiger partial charge >= 0.3 is 0 Å². The molecular formula is C15H18BrFN2. The van der Waals surface area contributed by atoms with E-state index in [1.165, 1.54) is 31.7 Å². The van der Waals surface area contributed by atoms with Gasteiger partial charge in [-0.1, -0.05) is 31.7 Å². The van der Waals surface area contributed by atoms with Crippen LogP contribution in [0.1, 0.15) is 50.1 Å². The van der Waals surface area contributed by atoms with Crippen LogP contribution < -0.4 is 5.32 Å². The van der Waals surface area contributed by atoms with Crippen LogP contribution in [-0.4, -0.2) is 6.04 Å². The summed E-state index contributed by atoms with van der Waals surface area (Å²) in [5, 5.41) is 12.7. The van der Waals surface area contributed by atoms with E-state index in [2.05, 4.69) is 27.3 Å². The summed E-state index contributed by atoms with van der Waals surface area (Å²) in [7, 11) is 0. The number of hydrogen-bond donors (Lipinski definition) is 1. The SMILES string of the molecule is N#CC(NC1CCCCCC1)c1ccc(F)c(Br)c1. The van der Waals surface area contributed by atoms with Crippen LogP contribution in [-0.2, 0) is 0 Å². The summed E-state index contributed by atoms with van der Waals surface area (Å²) in [5.41, 5.74) is 0.819. The Morgan fingerprint density at radius 2 is 1.95 bits per heavy atom. The Labute approximate surface area is 122 Å². The second-order valence-electron chi connectivity index (χ2n) is 5.09. The van der Waals surface area contributed by atoms with Gasteiger partial charge in [0.15, 0.2) is 0 Å². The molecule has 0 saturated heterocycles. The largest absolute Gasteiger partial charge is 0.295 e. The lowest BCUT2D eigenvalue weighted by molar-refractivity contribution is 0.436. The van der Waals surface area contributed by atoms with Gasteiger partial charge in [-0.15, -0.1) is 0 Å². The topological polar surface area (TPSA) is 35.8 Å². The summed E-state index contributed by atoms with van der Waals surface area (Å²) in [6, 6.07) is 7.08. The van der Waals surface area contributed by atoms with E-state index < -0.39 is 0 Å². The van der Waals surface area contributed by atoms with Gasteiger partial charge in [0.05, 0.1) is 10.5 Å². The van der Waals surface area contributed by atoms with Crippen molar-refractivity contribution in [2.45, 2.75) is 50.6 Å². The predicted molar refractivity (Wildman–Crippen MR) is 77.1 cm³/mol. The van der Waals surface area contributed by atoms with E-state index in [0.717, 1.165) is 18.4 Å². The van der Waals surface area contributed by atoms with Crippen molar-refractivity contribution in [3.63, 3.8) is 0 Å². The highest BCUT2D eigenvalue weighted by atomic mass is 79.9. The molecule has 1 fully saturated rings. The van der Waals surface area contributed by atoms with Crippen molar-refractivity contribution in [1.29, 1.82) is 5.26 Å². The third kappa shape index (κ3) is 4.02. The Morgan fingerprint density at radius 3 is 2.53 bits per heavy atom. The molecule has 0 aliphatic heterocycles. The Hall–Kier alpha value is -0.920. The molecule has 2 rings (SSSR count). The normalized spacial score (nSPS) is 18.6. The van der Waals surface area contributed by atoms with Crippen molar-refractivity contribution >= 4 is 15.9 Å². The van der Waals surface area contributed by atoms with E-state index in [9.17, 15) is 9.65 Å². The van der Waals surface area contributed by atoms with Crippen molar-refractivity contribution in [3.8, 4) is 6.07 Å². The van der Waals surface area contributed by atoms with Crippen molar-refractivity contribution in [3.05, 3.63) is 34.1 Å². The third-order valence-corrected chi connectivity index (χ3v) is 4.27. The quantitative estimate of drug-likeness (QED) is 0.833. The van der Waals surface area contributed by atoms with Crippen molar-refractivity contribution in [1.82, 2.24) is 5.32 Å². The lowest BCUT2D eigenvalue weighted by Gasteiger charge is -2.20. The van der Waals surface area contributed by atoms with Crippen LogP contribution in [0, 0.1) is 17.1 Å². The van der Waals surface area contributed by atoms with E-state index in [0.29, 0.717) is 10.5 Å². The number of halogens is 2. The van der Waals surface area contributed by atoms with E-state index in [1.807, 2.05) is 0 Å². The first-order valence-electron chi connectivity index (χ1n) is 6.81. The van der Waals surface area contributed by atoms with E-state index in [-0.39, 0.29) is 11.9 Å². The van der Waals surface area contributed by atoms with Crippen molar-refractivity contribution in [2.75, 3.05) is 0 Å². The average Bonchev–Trinajstić information content (AvgIpc) is 2.68. The summed E-state index contributed by atoms with van der Waals surface area (Å²) in [5.74, 6) is -0.296. The fraction of sp³-hybridized carbons (Fsp3) is 0.533. The summed E-state index contributed by atoms with van der Waals surface area (Å²) < 4.78 is 13.6. The fourth-order valence-corrected chi connectivity index (χ4v) is 2.98. The minimum atomic E-state index is -0.361. The summed E-state index contributed by atoms with van der Waals surface area (Å²) in [6.07, 6.45) is 7.28. The molecule has 0 radical (unpaired) electrons. The van der Waals surface area contributed by atoms with Crippen molar-refractivity contribution in [2.24, 2.45) is 0 Å². The first kappa shape index (κ1) is 14.5. The zero-order valence-electron chi connectivity index (χ0n) is 10.8. The number of rotatable bonds is 3. The number of benzene rings is 1. The standard InChI is InChI=1S/C15H18BrFN2/c16-13-9-11(7-8-14(13)17)15(10-18)19-12-5-3-1-2-4-6-12/h7-9,12,15,19H,1-6H2. The average molecular weight is 325 g/mol. The molecule has 0 heterocycles. The van der Waals surface area contributed by atoms with E-state index in [1.54, 1.807) is 12.1 Å². The third-order valence-electron chi connectivity index (χ3n) is 3.66. The molecule has 0 spiro atoms. The Morgan fingerprint density at radius 1 is 1.26 bits per heavy atom. The molecule has 0 aromatic heterocycles. The molecule has 1 N–H and O–H groups in total. The lowest BCUT2D eigenvalue weighted by atomic mass is 10.0. The Balaban J connectivity index is 2.06. The fourth-order valence-electron chi connectivity index (χ4n) is 2.58. The van der Waals surface area contributed by atoms with Crippen LogP contribution in [0.2, 0.25) is 0 Å². The van der Waals surface area contributed by atoms with Crippen molar-refractivity contribution < 1.29 is 4.39 Å². The van der Waals surface area contributed by atoms with Gasteiger partial charge in [-0.25, -0.2) is 4.39 Å². The highest BCUT2D eigenvalue weighted by Crippen LogP contribution is 2.24. The van der Waals surface area contributed by atoms with Gasteiger partial charge in [-0.2, -0.15) is 5.26 Å². The molecule has 0 bridgehead atoms. The van der Waals surface area contributed by atoms with Crippen LogP contribution in [0.4, 0.5) is 4.39 Å². The van der Waals surface area contributed by atoms with Gasteiger partial charge in [0.1, 0.15) is 11.9 Å². The van der Waals surface area contributed by atoms with Crippen LogP contribution in [0.3, 0.4) is 0 Å². The monoisotopic (exact) mass is 324 g/mol. The highest BCUT2D eigenvalue weighted by Gasteiger charge is 2.18. The number of nitriles is 1. The second kappa shape index (κ2) is 7.02. The summed E-state index contributed by atoms with van der Waals surface area (Å²) >= 11 is 3.17. The van der Waals surface area contributed by atoms with Gasteiger partial charge < -0.3 is 0 Å². The van der Waals surface area contributed by atoms with Gasteiger partial charge in [-0.3, -0.25) is 5.32 Å². The molecule has 1 aliphatic carbocycles. The maximum absolute atomic E-state index is 13.2. The predicted octanol–water partition coefficient (Wildman–Crippen LogP) is 4.47. The maximum atomic E-state index is 13.2. The van der Waals surface area contributed by atoms with Crippen LogP contribution in [0.5, 0.6) is 0 Å². The number of hydrogen-bond acceptors (Lipinski definition) is 2. The summed E-state index contributed by atoms with van der Waals surface area (Å²) in [4.78, 5) is 0. The van der Waals surface area contributed by atoms with Crippen LogP contribution in [0.15, 0.2) is 22.7 Å². The van der Waals surface area contributed by atoms with Gasteiger partial charge in [0, 0.05) is 6.04 Å². The Bertz CT molecular complexity index is 462. The molecule has 4 heteroatoms. The maximum Gasteiger partial charge on any atom is 0.137 e. The van der Waals surface area contributed by atoms with Crippen LogP contribution >= 0.6 is 15.9 Å². The second-order valence-corrected chi connectivity index (χ2v) is 5.95. The minimum absolute atomic E-state index is 0.296. The van der Waals surface area contributed by atoms with Gasteiger partial charge in [0.2, 0.25) is 0 Å². The highest BCUT2D eigenvalue weighted by molar-refractivity contribution is 9.10. The lowest BCUT2D eigenvalue weighted by Crippen LogP contribution is -2.31. The molecule has 1 aliphatic rings. The zero-order chi connectivity index (χ0) is 13.7. The minimum Gasteiger partial charge on any atom is -0.295 e. The molecule has 1 aromatic carbocycles. The molecule has 1 aromatic rings. The molecule has 1 saturated carbocycles. The molecule has 1 unspecified atom stereocenters. The molecule has 0 amide bonds. The first-order valence-corrected chi connectivity index (χ1v) is 7.60. The molecule has 19 heavy (non-hydrogen) atoms. The van der Waals surface area contributed by atoms with Crippen LogP contribution in [0.25, 0.3) is 0 Å². The molecule has 1 atom stereocenters. The Kier molecular flexibility index (Phi) is 5.35. The smallest absolute Gasteiger partial charge is 0.137 e.